The maximum atomic E-state index is 6.38. The minimum Gasteiger partial charge on any atom is -0.398 e. The summed E-state index contributed by atoms with van der Waals surface area (Å²) in [4.78, 5) is 0. The number of nitrogen functional groups attached to an aromatic ring is 2. The van der Waals surface area contributed by atoms with E-state index in [1.54, 1.807) is 0 Å². The Balaban J connectivity index is 2.99. The lowest BCUT2D eigenvalue weighted by molar-refractivity contribution is 0.435. The molecule has 0 aliphatic rings. The van der Waals surface area contributed by atoms with Gasteiger partial charge in [0, 0.05) is 11.4 Å². The zero-order chi connectivity index (χ0) is 17.9. The largest absolute Gasteiger partial charge is 0.398 e. The molecule has 1 rings (SSSR count). The first-order chi connectivity index (χ1) is 11.6. The first kappa shape index (κ1) is 20.9. The second-order valence-electron chi connectivity index (χ2n) is 7.44. The van der Waals surface area contributed by atoms with Gasteiger partial charge in [-0.15, -0.1) is 0 Å². The third kappa shape index (κ3) is 6.37. The number of anilines is 2. The number of hydrogen-bond acceptors (Lipinski definition) is 2. The molecule has 2 heteroatoms. The highest BCUT2D eigenvalue weighted by Crippen LogP contribution is 2.32. The first-order valence-corrected chi connectivity index (χ1v) is 10.2. The van der Waals surface area contributed by atoms with Crippen LogP contribution < -0.4 is 11.5 Å². The summed E-state index contributed by atoms with van der Waals surface area (Å²) in [6, 6.07) is 4.02. The number of nitrogens with two attached hydrogens (primary N) is 2. The van der Waals surface area contributed by atoms with Crippen molar-refractivity contribution in [2.45, 2.75) is 91.9 Å². The molecule has 0 aromatic heterocycles. The SMILES string of the molecule is CCCCC(CC)Cc1c(N)ccc(N)c1CC(CC)CCCC. The molecular weight excluding hydrogens is 292 g/mol. The van der Waals surface area contributed by atoms with Gasteiger partial charge >= 0.3 is 0 Å². The highest BCUT2D eigenvalue weighted by Gasteiger charge is 2.18. The summed E-state index contributed by atoms with van der Waals surface area (Å²) in [5.41, 5.74) is 17.3. The summed E-state index contributed by atoms with van der Waals surface area (Å²) >= 11 is 0. The molecule has 2 atom stereocenters. The van der Waals surface area contributed by atoms with Gasteiger partial charge in [0.25, 0.3) is 0 Å². The van der Waals surface area contributed by atoms with Crippen LogP contribution in [0.1, 0.15) is 90.2 Å². The van der Waals surface area contributed by atoms with Crippen LogP contribution in [0.4, 0.5) is 11.4 Å². The zero-order valence-electron chi connectivity index (χ0n) is 16.5. The average molecular weight is 333 g/mol. The van der Waals surface area contributed by atoms with E-state index in [-0.39, 0.29) is 0 Å². The lowest BCUT2D eigenvalue weighted by Crippen LogP contribution is -2.13. The maximum absolute atomic E-state index is 6.38. The lowest BCUT2D eigenvalue weighted by Gasteiger charge is -2.23. The monoisotopic (exact) mass is 332 g/mol. The summed E-state index contributed by atoms with van der Waals surface area (Å²) in [5.74, 6) is 1.45. The van der Waals surface area contributed by atoms with Crippen LogP contribution in [0.2, 0.25) is 0 Å². The van der Waals surface area contributed by atoms with E-state index in [0.717, 1.165) is 36.1 Å². The Morgan fingerprint density at radius 2 is 1.08 bits per heavy atom. The predicted octanol–water partition coefficient (Wildman–Crippen LogP) is 6.37. The molecule has 0 spiro atoms. The van der Waals surface area contributed by atoms with Gasteiger partial charge in [0.2, 0.25) is 0 Å². The third-order valence-electron chi connectivity index (χ3n) is 5.58. The molecule has 0 fully saturated rings. The summed E-state index contributed by atoms with van der Waals surface area (Å²) in [7, 11) is 0. The molecular formula is C22H40N2. The van der Waals surface area contributed by atoms with E-state index in [0.29, 0.717) is 0 Å². The fraction of sp³-hybridized carbons (Fsp3) is 0.727. The molecule has 2 nitrogen and oxygen atoms in total. The quantitative estimate of drug-likeness (QED) is 0.437. The fourth-order valence-corrected chi connectivity index (χ4v) is 3.68. The van der Waals surface area contributed by atoms with Gasteiger partial charge in [0.15, 0.2) is 0 Å². The first-order valence-electron chi connectivity index (χ1n) is 10.2. The van der Waals surface area contributed by atoms with Crippen molar-refractivity contribution in [1.82, 2.24) is 0 Å². The van der Waals surface area contributed by atoms with Crippen molar-refractivity contribution in [2.24, 2.45) is 11.8 Å². The lowest BCUT2D eigenvalue weighted by atomic mass is 9.84. The predicted molar refractivity (Wildman–Crippen MR) is 109 cm³/mol. The molecule has 138 valence electrons. The normalized spacial score (nSPS) is 13.8. The summed E-state index contributed by atoms with van der Waals surface area (Å²) in [6.07, 6.45) is 12.4. The van der Waals surface area contributed by atoms with Crippen LogP contribution >= 0.6 is 0 Å². The molecule has 0 bridgehead atoms. The molecule has 0 heterocycles. The second-order valence-corrected chi connectivity index (χ2v) is 7.44. The average Bonchev–Trinajstić information content (AvgIpc) is 2.59. The van der Waals surface area contributed by atoms with E-state index in [1.165, 1.54) is 62.5 Å². The summed E-state index contributed by atoms with van der Waals surface area (Å²) < 4.78 is 0. The van der Waals surface area contributed by atoms with Gasteiger partial charge in [0.1, 0.15) is 0 Å². The third-order valence-corrected chi connectivity index (χ3v) is 5.58. The van der Waals surface area contributed by atoms with Crippen molar-refractivity contribution in [2.75, 3.05) is 11.5 Å². The molecule has 0 aliphatic carbocycles. The Kier molecular flexibility index (Phi) is 9.90. The van der Waals surface area contributed by atoms with Crippen LogP contribution in [-0.4, -0.2) is 0 Å². The van der Waals surface area contributed by atoms with Crippen molar-refractivity contribution in [1.29, 1.82) is 0 Å². The molecule has 1 aromatic carbocycles. The Bertz CT molecular complexity index is 424. The van der Waals surface area contributed by atoms with Gasteiger partial charge in [0.05, 0.1) is 0 Å². The van der Waals surface area contributed by atoms with Gasteiger partial charge < -0.3 is 11.5 Å². The highest BCUT2D eigenvalue weighted by molar-refractivity contribution is 5.62. The Morgan fingerprint density at radius 1 is 0.708 bits per heavy atom. The fourth-order valence-electron chi connectivity index (χ4n) is 3.68. The topological polar surface area (TPSA) is 52.0 Å². The van der Waals surface area contributed by atoms with Gasteiger partial charge in [-0.3, -0.25) is 0 Å². The number of rotatable bonds is 12. The summed E-state index contributed by atoms with van der Waals surface area (Å²) in [6.45, 7) is 9.15. The summed E-state index contributed by atoms with van der Waals surface area (Å²) in [5, 5.41) is 0. The van der Waals surface area contributed by atoms with Crippen molar-refractivity contribution >= 4 is 11.4 Å². The molecule has 0 aliphatic heterocycles. The van der Waals surface area contributed by atoms with Gasteiger partial charge in [-0.25, -0.2) is 0 Å². The zero-order valence-corrected chi connectivity index (χ0v) is 16.5. The maximum Gasteiger partial charge on any atom is 0.0350 e. The molecule has 24 heavy (non-hydrogen) atoms. The van der Waals surface area contributed by atoms with Crippen LogP contribution in [0.3, 0.4) is 0 Å². The Labute approximate surface area is 150 Å². The van der Waals surface area contributed by atoms with Gasteiger partial charge in [-0.2, -0.15) is 0 Å². The highest BCUT2D eigenvalue weighted by atomic mass is 14.6. The molecule has 0 saturated heterocycles. The van der Waals surface area contributed by atoms with Crippen LogP contribution in [0.25, 0.3) is 0 Å². The van der Waals surface area contributed by atoms with Gasteiger partial charge in [-0.1, -0.05) is 79.1 Å². The van der Waals surface area contributed by atoms with Crippen molar-refractivity contribution in [3.8, 4) is 0 Å². The Morgan fingerprint density at radius 3 is 1.38 bits per heavy atom. The Hall–Kier alpha value is -1.18. The van der Waals surface area contributed by atoms with E-state index in [9.17, 15) is 0 Å². The molecule has 0 saturated carbocycles. The van der Waals surface area contributed by atoms with Crippen molar-refractivity contribution in [3.05, 3.63) is 23.3 Å². The van der Waals surface area contributed by atoms with Crippen molar-refractivity contribution in [3.63, 3.8) is 0 Å². The van der Waals surface area contributed by atoms with Crippen molar-refractivity contribution < 1.29 is 0 Å². The molecule has 1 aromatic rings. The second kappa shape index (κ2) is 11.4. The van der Waals surface area contributed by atoms with E-state index >= 15 is 0 Å². The van der Waals surface area contributed by atoms with Gasteiger partial charge in [-0.05, 0) is 47.9 Å². The van der Waals surface area contributed by atoms with Crippen LogP contribution in [0.15, 0.2) is 12.1 Å². The molecule has 0 radical (unpaired) electrons. The molecule has 0 amide bonds. The number of unbranched alkanes of at least 4 members (excludes halogenated alkanes) is 2. The standard InChI is InChI=1S/C22H40N2/c1-5-9-11-17(7-3)15-19-20(22(24)14-13-21(19)23)16-18(8-4)12-10-6-2/h13-14,17-18H,5-12,15-16,23-24H2,1-4H3. The molecule has 4 N–H and O–H groups in total. The van der Waals surface area contributed by atoms with E-state index in [1.807, 2.05) is 12.1 Å². The van der Waals surface area contributed by atoms with E-state index < -0.39 is 0 Å². The smallest absolute Gasteiger partial charge is 0.0350 e. The minimum atomic E-state index is 0.725. The van der Waals surface area contributed by atoms with E-state index in [2.05, 4.69) is 27.7 Å². The van der Waals surface area contributed by atoms with Crippen LogP contribution in [-0.2, 0) is 12.8 Å². The van der Waals surface area contributed by atoms with Crippen LogP contribution in [0.5, 0.6) is 0 Å². The number of benzene rings is 1. The van der Waals surface area contributed by atoms with Crippen LogP contribution in [0, 0.1) is 11.8 Å². The van der Waals surface area contributed by atoms with E-state index in [4.69, 9.17) is 11.5 Å². The minimum absolute atomic E-state index is 0.725. The number of hydrogen-bond donors (Lipinski definition) is 2. The molecule has 2 unspecified atom stereocenters.